The number of hydrogen-bond donors (Lipinski definition) is 0. The van der Waals surface area contributed by atoms with Gasteiger partial charge in [0.05, 0.1) is 22.7 Å². The summed E-state index contributed by atoms with van der Waals surface area (Å²) < 4.78 is 1.87. The van der Waals surface area contributed by atoms with Crippen LogP contribution in [-0.4, -0.2) is 20.5 Å². The van der Waals surface area contributed by atoms with E-state index in [0.29, 0.717) is 0 Å². The first-order chi connectivity index (χ1) is 12.0. The standard InChI is InChI=1S/C20H22N4O/c1-13-7-6-8-16-18(14(2)11-15(12-21)20(13)25)23-24(3)19(16)17-9-4-5-10-22-17/h4-5,9-11,13-14H,6-8H2,1-3H3. The fourth-order valence-electron chi connectivity index (χ4n) is 3.51. The minimum atomic E-state index is -0.130. The molecule has 2 atom stereocenters. The lowest BCUT2D eigenvalue weighted by Crippen LogP contribution is -2.15. The number of Topliss-reactive ketones (excluding diaryl/α,β-unsaturated/α-hetero) is 1. The highest BCUT2D eigenvalue weighted by atomic mass is 16.1. The van der Waals surface area contributed by atoms with E-state index in [1.54, 1.807) is 12.3 Å². The second kappa shape index (κ2) is 7.02. The van der Waals surface area contributed by atoms with Gasteiger partial charge in [0.2, 0.25) is 0 Å². The zero-order chi connectivity index (χ0) is 18.0. The van der Waals surface area contributed by atoms with Crippen LogP contribution in [0.15, 0.2) is 36.0 Å². The van der Waals surface area contributed by atoms with Crippen LogP contribution in [0.1, 0.15) is 43.9 Å². The van der Waals surface area contributed by atoms with Gasteiger partial charge in [-0.05, 0) is 31.4 Å². The molecule has 0 radical (unpaired) electrons. The van der Waals surface area contributed by atoms with Crippen LogP contribution in [0.3, 0.4) is 0 Å². The number of carbonyl (C=O) groups is 1. The Kier molecular flexibility index (Phi) is 4.80. The van der Waals surface area contributed by atoms with Gasteiger partial charge in [0.15, 0.2) is 5.78 Å². The van der Waals surface area contributed by atoms with E-state index in [1.807, 2.05) is 43.8 Å². The number of aryl methyl sites for hydroxylation is 1. The number of carbonyl (C=O) groups excluding carboxylic acids is 1. The Morgan fingerprint density at radius 1 is 1.32 bits per heavy atom. The van der Waals surface area contributed by atoms with Gasteiger partial charge in [-0.3, -0.25) is 14.5 Å². The zero-order valence-electron chi connectivity index (χ0n) is 14.9. The van der Waals surface area contributed by atoms with Gasteiger partial charge in [0.1, 0.15) is 6.07 Å². The van der Waals surface area contributed by atoms with Crippen molar-refractivity contribution in [3.63, 3.8) is 0 Å². The van der Waals surface area contributed by atoms with E-state index >= 15 is 0 Å². The molecule has 2 heterocycles. The Bertz CT molecular complexity index is 858. The summed E-state index contributed by atoms with van der Waals surface area (Å²) in [6.45, 7) is 3.90. The third-order valence-corrected chi connectivity index (χ3v) is 4.83. The summed E-state index contributed by atoms with van der Waals surface area (Å²) in [6.07, 6.45) is 6.05. The normalized spacial score (nSPS) is 21.2. The first-order valence-electron chi connectivity index (χ1n) is 8.66. The molecule has 0 fully saturated rings. The molecule has 5 nitrogen and oxygen atoms in total. The average molecular weight is 334 g/mol. The molecule has 128 valence electrons. The van der Waals surface area contributed by atoms with Gasteiger partial charge in [0, 0.05) is 30.6 Å². The number of allylic oxidation sites excluding steroid dienone is 2. The summed E-state index contributed by atoms with van der Waals surface area (Å²) in [7, 11) is 1.92. The molecule has 0 spiro atoms. The number of nitrogens with zero attached hydrogens (tertiary/aromatic N) is 4. The largest absolute Gasteiger partial charge is 0.293 e. The van der Waals surface area contributed by atoms with Gasteiger partial charge in [0.25, 0.3) is 0 Å². The van der Waals surface area contributed by atoms with Crippen molar-refractivity contribution in [2.75, 3.05) is 0 Å². The van der Waals surface area contributed by atoms with Crippen LogP contribution in [0.2, 0.25) is 0 Å². The summed E-state index contributed by atoms with van der Waals surface area (Å²) in [4.78, 5) is 16.9. The summed E-state index contributed by atoms with van der Waals surface area (Å²) in [5.41, 5.74) is 4.27. The average Bonchev–Trinajstić information content (AvgIpc) is 2.95. The SMILES string of the molecule is CC1CCCc2c(nn(C)c2-c2ccccn2)C(C)C=C(C#N)C1=O. The summed E-state index contributed by atoms with van der Waals surface area (Å²) in [6, 6.07) is 7.94. The summed E-state index contributed by atoms with van der Waals surface area (Å²) in [5.74, 6) is -0.282. The van der Waals surface area contributed by atoms with Crippen molar-refractivity contribution in [3.05, 3.63) is 47.3 Å². The predicted molar refractivity (Wildman–Crippen MR) is 95.7 cm³/mol. The Hall–Kier alpha value is -2.74. The van der Waals surface area contributed by atoms with E-state index in [2.05, 4.69) is 11.1 Å². The number of hydrogen-bond acceptors (Lipinski definition) is 4. The lowest BCUT2D eigenvalue weighted by atomic mass is 9.87. The molecule has 0 aliphatic heterocycles. The molecule has 0 aromatic carbocycles. The number of fused-ring (bicyclic) bond motifs is 1. The second-order valence-corrected chi connectivity index (χ2v) is 6.69. The third-order valence-electron chi connectivity index (χ3n) is 4.83. The molecule has 5 heteroatoms. The molecule has 0 saturated carbocycles. The molecule has 0 amide bonds. The van der Waals surface area contributed by atoms with Crippen molar-refractivity contribution in [1.29, 1.82) is 5.26 Å². The van der Waals surface area contributed by atoms with Crippen molar-refractivity contribution in [3.8, 4) is 17.5 Å². The van der Waals surface area contributed by atoms with Gasteiger partial charge in [-0.25, -0.2) is 0 Å². The smallest absolute Gasteiger partial charge is 0.175 e. The molecule has 0 bridgehead atoms. The van der Waals surface area contributed by atoms with Crippen molar-refractivity contribution in [2.45, 2.75) is 39.0 Å². The molecule has 1 aliphatic carbocycles. The Morgan fingerprint density at radius 2 is 2.12 bits per heavy atom. The Balaban J connectivity index is 2.15. The number of nitriles is 1. The van der Waals surface area contributed by atoms with Crippen LogP contribution < -0.4 is 0 Å². The van der Waals surface area contributed by atoms with Crippen molar-refractivity contribution >= 4 is 5.78 Å². The molecular weight excluding hydrogens is 312 g/mol. The molecule has 2 aromatic rings. The highest BCUT2D eigenvalue weighted by molar-refractivity contribution is 6.00. The number of aromatic nitrogens is 3. The van der Waals surface area contributed by atoms with Gasteiger partial charge in [-0.1, -0.05) is 26.0 Å². The van der Waals surface area contributed by atoms with E-state index in [0.717, 1.165) is 36.3 Å². The van der Waals surface area contributed by atoms with Gasteiger partial charge in [-0.2, -0.15) is 10.4 Å². The second-order valence-electron chi connectivity index (χ2n) is 6.69. The Morgan fingerprint density at radius 3 is 2.80 bits per heavy atom. The van der Waals surface area contributed by atoms with Gasteiger partial charge < -0.3 is 0 Å². The van der Waals surface area contributed by atoms with Crippen LogP contribution in [-0.2, 0) is 18.3 Å². The highest BCUT2D eigenvalue weighted by Crippen LogP contribution is 2.32. The predicted octanol–water partition coefficient (Wildman–Crippen LogP) is 3.58. The van der Waals surface area contributed by atoms with Gasteiger partial charge in [-0.15, -0.1) is 0 Å². The third kappa shape index (κ3) is 3.25. The van der Waals surface area contributed by atoms with Gasteiger partial charge >= 0.3 is 0 Å². The molecule has 2 unspecified atom stereocenters. The van der Waals surface area contributed by atoms with E-state index in [1.165, 1.54) is 5.56 Å². The number of ketones is 1. The van der Waals surface area contributed by atoms with E-state index in [4.69, 9.17) is 5.10 Å². The summed E-state index contributed by atoms with van der Waals surface area (Å²) in [5, 5.41) is 14.1. The minimum absolute atomic E-state index is 0.0568. The fraction of sp³-hybridized carbons (Fsp3) is 0.400. The minimum Gasteiger partial charge on any atom is -0.293 e. The van der Waals surface area contributed by atoms with Crippen LogP contribution in [0, 0.1) is 17.2 Å². The quantitative estimate of drug-likeness (QED) is 0.799. The van der Waals surface area contributed by atoms with Crippen LogP contribution in [0.4, 0.5) is 0 Å². The van der Waals surface area contributed by atoms with Crippen LogP contribution in [0.25, 0.3) is 11.4 Å². The topological polar surface area (TPSA) is 71.6 Å². The van der Waals surface area contributed by atoms with E-state index in [-0.39, 0.29) is 23.2 Å². The maximum Gasteiger partial charge on any atom is 0.175 e. The van der Waals surface area contributed by atoms with E-state index < -0.39 is 0 Å². The highest BCUT2D eigenvalue weighted by Gasteiger charge is 2.26. The molecule has 1 aliphatic rings. The molecule has 3 rings (SSSR count). The maximum absolute atomic E-state index is 12.4. The number of pyridine rings is 1. The fourth-order valence-corrected chi connectivity index (χ4v) is 3.51. The van der Waals surface area contributed by atoms with Crippen LogP contribution >= 0.6 is 0 Å². The lowest BCUT2D eigenvalue weighted by Gasteiger charge is -2.15. The lowest BCUT2D eigenvalue weighted by molar-refractivity contribution is -0.118. The molecule has 0 saturated heterocycles. The molecule has 0 N–H and O–H groups in total. The first-order valence-corrected chi connectivity index (χ1v) is 8.66. The molecule has 2 aromatic heterocycles. The molecule has 25 heavy (non-hydrogen) atoms. The zero-order valence-corrected chi connectivity index (χ0v) is 14.9. The Labute approximate surface area is 148 Å². The maximum atomic E-state index is 12.4. The van der Waals surface area contributed by atoms with Crippen molar-refractivity contribution in [2.24, 2.45) is 13.0 Å². The monoisotopic (exact) mass is 334 g/mol. The van der Waals surface area contributed by atoms with Crippen LogP contribution in [0.5, 0.6) is 0 Å². The van der Waals surface area contributed by atoms with E-state index in [9.17, 15) is 10.1 Å². The summed E-state index contributed by atoms with van der Waals surface area (Å²) >= 11 is 0. The number of rotatable bonds is 1. The first kappa shape index (κ1) is 17.1. The van der Waals surface area contributed by atoms with Crippen molar-refractivity contribution < 1.29 is 4.79 Å². The molecular formula is C20H22N4O. The van der Waals surface area contributed by atoms with Crippen molar-refractivity contribution in [1.82, 2.24) is 14.8 Å².